The van der Waals surface area contributed by atoms with E-state index >= 15 is 0 Å². The maximum Gasteiger partial charge on any atom is 0.120 e. The van der Waals surface area contributed by atoms with Crippen molar-refractivity contribution >= 4 is 10.8 Å². The molecule has 1 aromatic rings. The van der Waals surface area contributed by atoms with E-state index in [9.17, 15) is 4.21 Å². The molecule has 0 aliphatic heterocycles. The van der Waals surface area contributed by atoms with Crippen LogP contribution in [0, 0.1) is 0 Å². The van der Waals surface area contributed by atoms with Crippen LogP contribution < -0.4 is 5.32 Å². The average Bonchev–Trinajstić information content (AvgIpc) is 2.68. The van der Waals surface area contributed by atoms with Gasteiger partial charge in [-0.1, -0.05) is 0 Å². The summed E-state index contributed by atoms with van der Waals surface area (Å²) in [5.41, 5.74) is 0. The third-order valence-electron chi connectivity index (χ3n) is 2.39. The van der Waals surface area contributed by atoms with Crippen molar-refractivity contribution < 1.29 is 8.63 Å². The van der Waals surface area contributed by atoms with E-state index in [1.54, 1.807) is 6.26 Å². The third-order valence-corrected chi connectivity index (χ3v) is 4.33. The highest BCUT2D eigenvalue weighted by atomic mass is 32.2. The molecule has 1 aromatic heterocycles. The topological polar surface area (TPSA) is 42.2 Å². The Labute approximate surface area is 100 Å². The highest BCUT2D eigenvalue weighted by molar-refractivity contribution is 7.86. The Balaban J connectivity index is 2.29. The van der Waals surface area contributed by atoms with E-state index in [4.69, 9.17) is 4.42 Å². The van der Waals surface area contributed by atoms with Gasteiger partial charge in [-0.2, -0.15) is 0 Å². The van der Waals surface area contributed by atoms with E-state index in [0.29, 0.717) is 5.75 Å². The van der Waals surface area contributed by atoms with Crippen LogP contribution in [0.5, 0.6) is 0 Å². The summed E-state index contributed by atoms with van der Waals surface area (Å²) in [6, 6.07) is 3.99. The molecule has 1 heterocycles. The van der Waals surface area contributed by atoms with Gasteiger partial charge in [0.2, 0.25) is 0 Å². The Morgan fingerprint density at radius 1 is 1.50 bits per heavy atom. The fourth-order valence-corrected chi connectivity index (χ4v) is 2.23. The molecule has 16 heavy (non-hydrogen) atoms. The minimum Gasteiger partial charge on any atom is -0.468 e. The monoisotopic (exact) mass is 243 g/mol. The van der Waals surface area contributed by atoms with Gasteiger partial charge in [-0.05, 0) is 39.8 Å². The Bertz CT molecular complexity index is 327. The van der Waals surface area contributed by atoms with Gasteiger partial charge in [-0.3, -0.25) is 4.21 Å². The highest BCUT2D eigenvalue weighted by Gasteiger charge is 2.19. The van der Waals surface area contributed by atoms with Crippen LogP contribution in [-0.4, -0.2) is 21.3 Å². The summed E-state index contributed by atoms with van der Waals surface area (Å²) in [5, 5.41) is 3.30. The molecule has 0 amide bonds. The molecule has 0 saturated heterocycles. The van der Waals surface area contributed by atoms with E-state index < -0.39 is 10.8 Å². The molecular formula is C12H21NO2S. The summed E-state index contributed by atoms with van der Waals surface area (Å²) in [5.74, 6) is 1.59. The van der Waals surface area contributed by atoms with Crippen molar-refractivity contribution in [2.45, 2.75) is 38.5 Å². The largest absolute Gasteiger partial charge is 0.468 e. The molecule has 92 valence electrons. The lowest BCUT2D eigenvalue weighted by atomic mass is 10.2. The Hall–Kier alpha value is -0.610. The van der Waals surface area contributed by atoms with Crippen LogP contribution >= 0.6 is 0 Å². The lowest BCUT2D eigenvalue weighted by Crippen LogP contribution is -2.30. The van der Waals surface area contributed by atoms with Crippen molar-refractivity contribution in [3.05, 3.63) is 24.2 Å². The van der Waals surface area contributed by atoms with Gasteiger partial charge in [0.15, 0.2) is 0 Å². The first-order chi connectivity index (χ1) is 7.41. The van der Waals surface area contributed by atoms with E-state index in [2.05, 4.69) is 5.32 Å². The first-order valence-corrected chi connectivity index (χ1v) is 6.88. The second kappa shape index (κ2) is 5.64. The molecule has 0 saturated carbocycles. The average molecular weight is 243 g/mol. The van der Waals surface area contributed by atoms with Crippen molar-refractivity contribution in [1.82, 2.24) is 5.32 Å². The molecule has 0 radical (unpaired) electrons. The zero-order valence-corrected chi connectivity index (χ0v) is 11.3. The van der Waals surface area contributed by atoms with Gasteiger partial charge in [-0.15, -0.1) is 0 Å². The zero-order valence-electron chi connectivity index (χ0n) is 10.4. The Morgan fingerprint density at radius 3 is 2.69 bits per heavy atom. The zero-order chi connectivity index (χ0) is 12.2. The summed E-state index contributed by atoms with van der Waals surface area (Å²) in [4.78, 5) is 0. The Kier molecular flexibility index (Phi) is 4.74. The molecule has 0 bridgehead atoms. The highest BCUT2D eigenvalue weighted by Crippen LogP contribution is 2.13. The fourth-order valence-electron chi connectivity index (χ4n) is 1.31. The lowest BCUT2D eigenvalue weighted by molar-refractivity contribution is 0.437. The Morgan fingerprint density at radius 2 is 2.19 bits per heavy atom. The number of hydrogen-bond donors (Lipinski definition) is 1. The molecule has 4 heteroatoms. The van der Waals surface area contributed by atoms with Gasteiger partial charge >= 0.3 is 0 Å². The third kappa shape index (κ3) is 4.10. The van der Waals surface area contributed by atoms with Crippen molar-refractivity contribution in [1.29, 1.82) is 0 Å². The lowest BCUT2D eigenvalue weighted by Gasteiger charge is -2.18. The van der Waals surface area contributed by atoms with Gasteiger partial charge in [0.05, 0.1) is 12.3 Å². The summed E-state index contributed by atoms with van der Waals surface area (Å²) in [6.45, 7) is 8.78. The van der Waals surface area contributed by atoms with E-state index in [-0.39, 0.29) is 10.8 Å². The minimum absolute atomic E-state index is 0.129. The van der Waals surface area contributed by atoms with Crippen LogP contribution in [-0.2, 0) is 10.8 Å². The second-order valence-electron chi connectivity index (χ2n) is 4.85. The van der Waals surface area contributed by atoms with Crippen LogP contribution in [0.3, 0.4) is 0 Å². The first kappa shape index (κ1) is 13.5. The predicted molar refractivity (Wildman–Crippen MR) is 67.9 cm³/mol. The molecular weight excluding hydrogens is 222 g/mol. The number of nitrogens with one attached hydrogen (secondary N) is 1. The summed E-state index contributed by atoms with van der Waals surface area (Å²) < 4.78 is 16.9. The van der Waals surface area contributed by atoms with E-state index in [1.807, 2.05) is 39.8 Å². The number of rotatable bonds is 5. The van der Waals surface area contributed by atoms with Gasteiger partial charge in [0, 0.05) is 27.8 Å². The molecule has 0 spiro atoms. The molecule has 0 aromatic carbocycles. The van der Waals surface area contributed by atoms with Gasteiger partial charge in [0.25, 0.3) is 0 Å². The summed E-state index contributed by atoms with van der Waals surface area (Å²) in [7, 11) is -0.794. The molecule has 0 aliphatic carbocycles. The van der Waals surface area contributed by atoms with Gasteiger partial charge in [-0.25, -0.2) is 0 Å². The van der Waals surface area contributed by atoms with Crippen LogP contribution in [0.4, 0.5) is 0 Å². The maximum atomic E-state index is 11.8. The molecule has 2 unspecified atom stereocenters. The minimum atomic E-state index is -0.794. The van der Waals surface area contributed by atoms with Crippen LogP contribution in [0.15, 0.2) is 22.8 Å². The standard InChI is InChI=1S/C12H21NO2S/c1-10(11-6-5-8-15-11)13-7-9-16(14)12(2,3)4/h5-6,8,10,13H,7,9H2,1-4H3. The van der Waals surface area contributed by atoms with E-state index in [0.717, 1.165) is 12.3 Å². The first-order valence-electron chi connectivity index (χ1n) is 5.56. The molecule has 3 nitrogen and oxygen atoms in total. The van der Waals surface area contributed by atoms with E-state index in [1.165, 1.54) is 0 Å². The quantitative estimate of drug-likeness (QED) is 0.864. The molecule has 1 rings (SSSR count). The predicted octanol–water partition coefficient (Wildman–Crippen LogP) is 2.48. The van der Waals surface area contributed by atoms with Crippen molar-refractivity contribution in [2.24, 2.45) is 0 Å². The fraction of sp³-hybridized carbons (Fsp3) is 0.667. The van der Waals surface area contributed by atoms with Crippen molar-refractivity contribution in [3.8, 4) is 0 Å². The van der Waals surface area contributed by atoms with Crippen LogP contribution in [0.1, 0.15) is 39.5 Å². The molecule has 1 N–H and O–H groups in total. The van der Waals surface area contributed by atoms with Gasteiger partial charge < -0.3 is 9.73 Å². The number of hydrogen-bond acceptors (Lipinski definition) is 3. The molecule has 0 aliphatic rings. The maximum absolute atomic E-state index is 11.8. The smallest absolute Gasteiger partial charge is 0.120 e. The van der Waals surface area contributed by atoms with Crippen LogP contribution in [0.2, 0.25) is 0 Å². The molecule has 0 fully saturated rings. The van der Waals surface area contributed by atoms with Crippen LogP contribution in [0.25, 0.3) is 0 Å². The van der Waals surface area contributed by atoms with Crippen molar-refractivity contribution in [3.63, 3.8) is 0 Å². The summed E-state index contributed by atoms with van der Waals surface area (Å²) in [6.07, 6.45) is 1.67. The number of furan rings is 1. The normalized spacial score (nSPS) is 16.0. The summed E-state index contributed by atoms with van der Waals surface area (Å²) >= 11 is 0. The second-order valence-corrected chi connectivity index (χ2v) is 7.18. The SMILES string of the molecule is CC(NCCS(=O)C(C)(C)C)c1ccco1. The van der Waals surface area contributed by atoms with Crippen molar-refractivity contribution in [2.75, 3.05) is 12.3 Å². The van der Waals surface area contributed by atoms with Gasteiger partial charge in [0.1, 0.15) is 5.76 Å². The molecule has 2 atom stereocenters.